The molecule has 0 aliphatic carbocycles. The predicted octanol–water partition coefficient (Wildman–Crippen LogP) is 2.34. The van der Waals surface area contributed by atoms with Gasteiger partial charge in [-0.2, -0.15) is 4.31 Å². The Morgan fingerprint density at radius 1 is 1.37 bits per heavy atom. The molecule has 0 saturated heterocycles. The second kappa shape index (κ2) is 6.22. The molecule has 0 atom stereocenters. The maximum Gasteiger partial charge on any atom is 0.243 e. The zero-order chi connectivity index (χ0) is 14.7. The van der Waals surface area contributed by atoms with Crippen molar-refractivity contribution in [2.45, 2.75) is 25.7 Å². The topological polar surface area (TPSA) is 63.4 Å². The van der Waals surface area contributed by atoms with Gasteiger partial charge in [0.15, 0.2) is 0 Å². The van der Waals surface area contributed by atoms with E-state index in [1.807, 2.05) is 20.8 Å². The molecule has 1 aromatic carbocycles. The molecule has 0 heterocycles. The average Bonchev–Trinajstić information content (AvgIpc) is 2.36. The van der Waals surface area contributed by atoms with E-state index in [-0.39, 0.29) is 10.3 Å². The third kappa shape index (κ3) is 4.18. The first-order chi connectivity index (χ1) is 8.73. The smallest absolute Gasteiger partial charge is 0.243 e. The number of benzene rings is 1. The van der Waals surface area contributed by atoms with E-state index in [0.29, 0.717) is 24.7 Å². The summed E-state index contributed by atoms with van der Waals surface area (Å²) in [6.07, 6.45) is 0. The van der Waals surface area contributed by atoms with E-state index in [1.165, 1.54) is 10.4 Å². The van der Waals surface area contributed by atoms with Gasteiger partial charge in [-0.1, -0.05) is 38.4 Å². The molecule has 0 saturated carbocycles. The highest BCUT2D eigenvalue weighted by molar-refractivity contribution is 7.89. The van der Waals surface area contributed by atoms with Crippen LogP contribution >= 0.6 is 11.6 Å². The van der Waals surface area contributed by atoms with Gasteiger partial charge in [0, 0.05) is 18.1 Å². The summed E-state index contributed by atoms with van der Waals surface area (Å²) in [5, 5.41) is 0.412. The number of halogens is 1. The van der Waals surface area contributed by atoms with Crippen molar-refractivity contribution < 1.29 is 8.42 Å². The van der Waals surface area contributed by atoms with E-state index in [2.05, 4.69) is 0 Å². The molecule has 0 fully saturated rings. The van der Waals surface area contributed by atoms with Crippen LogP contribution in [0.4, 0.5) is 0 Å². The van der Waals surface area contributed by atoms with Crippen molar-refractivity contribution in [2.24, 2.45) is 11.1 Å². The molecule has 0 aliphatic heterocycles. The molecule has 0 aromatic heterocycles. The van der Waals surface area contributed by atoms with Crippen LogP contribution in [-0.4, -0.2) is 32.4 Å². The second-order valence-corrected chi connectivity index (χ2v) is 7.63. The fourth-order valence-electron chi connectivity index (χ4n) is 1.69. The molecule has 19 heavy (non-hydrogen) atoms. The standard InChI is InChI=1S/C13H21ClN2O2S/c1-4-16(10-13(2,3)9-15)19(17,18)12-7-5-6-11(14)8-12/h5-8H,4,9-10,15H2,1-3H3. The van der Waals surface area contributed by atoms with Crippen molar-refractivity contribution >= 4 is 21.6 Å². The van der Waals surface area contributed by atoms with Gasteiger partial charge in [-0.3, -0.25) is 0 Å². The van der Waals surface area contributed by atoms with Crippen LogP contribution in [0, 0.1) is 5.41 Å². The predicted molar refractivity (Wildman–Crippen MR) is 78.7 cm³/mol. The molecule has 4 nitrogen and oxygen atoms in total. The van der Waals surface area contributed by atoms with Crippen LogP contribution in [0.1, 0.15) is 20.8 Å². The fourth-order valence-corrected chi connectivity index (χ4v) is 3.62. The third-order valence-electron chi connectivity index (χ3n) is 2.94. The highest BCUT2D eigenvalue weighted by Gasteiger charge is 2.29. The van der Waals surface area contributed by atoms with Gasteiger partial charge in [0.2, 0.25) is 10.0 Å². The summed E-state index contributed by atoms with van der Waals surface area (Å²) < 4.78 is 26.5. The van der Waals surface area contributed by atoms with Crippen molar-refractivity contribution in [1.29, 1.82) is 0 Å². The number of hydrogen-bond acceptors (Lipinski definition) is 3. The highest BCUT2D eigenvalue weighted by atomic mass is 35.5. The lowest BCUT2D eigenvalue weighted by molar-refractivity contribution is 0.273. The van der Waals surface area contributed by atoms with Crippen molar-refractivity contribution in [3.63, 3.8) is 0 Å². The Morgan fingerprint density at radius 2 is 2.00 bits per heavy atom. The molecule has 108 valence electrons. The summed E-state index contributed by atoms with van der Waals surface area (Å²) in [6.45, 7) is 6.92. The zero-order valence-corrected chi connectivity index (χ0v) is 13.1. The molecule has 2 N–H and O–H groups in total. The molecule has 6 heteroatoms. The quantitative estimate of drug-likeness (QED) is 0.877. The third-order valence-corrected chi connectivity index (χ3v) is 5.10. The number of nitrogens with zero attached hydrogens (tertiary/aromatic N) is 1. The molecule has 0 bridgehead atoms. The molecule has 1 rings (SSSR count). The van der Waals surface area contributed by atoms with Crippen molar-refractivity contribution in [1.82, 2.24) is 4.31 Å². The van der Waals surface area contributed by atoms with Gasteiger partial charge in [-0.05, 0) is 30.2 Å². The van der Waals surface area contributed by atoms with Crippen LogP contribution in [0.2, 0.25) is 5.02 Å². The SMILES string of the molecule is CCN(CC(C)(C)CN)S(=O)(=O)c1cccc(Cl)c1. The zero-order valence-electron chi connectivity index (χ0n) is 11.6. The number of nitrogens with two attached hydrogens (primary N) is 1. The first-order valence-corrected chi connectivity index (χ1v) is 8.00. The van der Waals surface area contributed by atoms with Crippen molar-refractivity contribution in [3.8, 4) is 0 Å². The Morgan fingerprint density at radius 3 is 2.47 bits per heavy atom. The molecule has 1 aromatic rings. The Labute approximate surface area is 120 Å². The minimum atomic E-state index is -3.52. The highest BCUT2D eigenvalue weighted by Crippen LogP contribution is 2.23. The number of hydrogen-bond donors (Lipinski definition) is 1. The Balaban J connectivity index is 3.10. The molecular weight excluding hydrogens is 284 g/mol. The Hall–Kier alpha value is -0.620. The molecule has 0 aliphatic rings. The lowest BCUT2D eigenvalue weighted by atomic mass is 9.94. The van der Waals surface area contributed by atoms with Crippen LogP contribution in [0.15, 0.2) is 29.2 Å². The largest absolute Gasteiger partial charge is 0.330 e. The van der Waals surface area contributed by atoms with Crippen LogP contribution in [0.5, 0.6) is 0 Å². The lowest BCUT2D eigenvalue weighted by Gasteiger charge is -2.30. The Kier molecular flexibility index (Phi) is 5.38. The summed E-state index contributed by atoms with van der Waals surface area (Å²) in [6, 6.07) is 6.31. The summed E-state index contributed by atoms with van der Waals surface area (Å²) in [7, 11) is -3.52. The summed E-state index contributed by atoms with van der Waals surface area (Å²) in [5.41, 5.74) is 5.41. The summed E-state index contributed by atoms with van der Waals surface area (Å²) in [5.74, 6) is 0. The lowest BCUT2D eigenvalue weighted by Crippen LogP contribution is -2.41. The molecule has 0 unspecified atom stereocenters. The van der Waals surface area contributed by atoms with E-state index in [1.54, 1.807) is 18.2 Å². The van der Waals surface area contributed by atoms with Crippen molar-refractivity contribution in [3.05, 3.63) is 29.3 Å². The minimum absolute atomic E-state index is 0.217. The van der Waals surface area contributed by atoms with Crippen LogP contribution in [-0.2, 0) is 10.0 Å². The first-order valence-electron chi connectivity index (χ1n) is 6.19. The van der Waals surface area contributed by atoms with Gasteiger partial charge in [-0.25, -0.2) is 8.42 Å². The second-order valence-electron chi connectivity index (χ2n) is 5.26. The van der Waals surface area contributed by atoms with Gasteiger partial charge >= 0.3 is 0 Å². The maximum absolute atomic E-state index is 12.5. The fraction of sp³-hybridized carbons (Fsp3) is 0.538. The molecule has 0 radical (unpaired) electrons. The van der Waals surface area contributed by atoms with Crippen molar-refractivity contribution in [2.75, 3.05) is 19.6 Å². The van der Waals surface area contributed by atoms with E-state index in [9.17, 15) is 8.42 Å². The number of sulfonamides is 1. The van der Waals surface area contributed by atoms with Gasteiger partial charge in [0.25, 0.3) is 0 Å². The van der Waals surface area contributed by atoms with E-state index < -0.39 is 10.0 Å². The van der Waals surface area contributed by atoms with E-state index in [4.69, 9.17) is 17.3 Å². The van der Waals surface area contributed by atoms with Gasteiger partial charge < -0.3 is 5.73 Å². The van der Waals surface area contributed by atoms with E-state index in [0.717, 1.165) is 0 Å². The normalized spacial score (nSPS) is 12.9. The first kappa shape index (κ1) is 16.4. The molecule has 0 spiro atoms. The van der Waals surface area contributed by atoms with Crippen LogP contribution < -0.4 is 5.73 Å². The Bertz CT molecular complexity index is 529. The average molecular weight is 305 g/mol. The van der Waals surface area contributed by atoms with Gasteiger partial charge in [-0.15, -0.1) is 0 Å². The van der Waals surface area contributed by atoms with E-state index >= 15 is 0 Å². The summed E-state index contributed by atoms with van der Waals surface area (Å²) >= 11 is 5.86. The van der Waals surface area contributed by atoms with Crippen LogP contribution in [0.3, 0.4) is 0 Å². The maximum atomic E-state index is 12.5. The number of rotatable bonds is 6. The summed E-state index contributed by atoms with van der Waals surface area (Å²) in [4.78, 5) is 0.217. The minimum Gasteiger partial charge on any atom is -0.330 e. The molecule has 0 amide bonds. The van der Waals surface area contributed by atoms with Crippen LogP contribution in [0.25, 0.3) is 0 Å². The monoisotopic (exact) mass is 304 g/mol. The van der Waals surface area contributed by atoms with Gasteiger partial charge in [0.1, 0.15) is 0 Å². The van der Waals surface area contributed by atoms with Gasteiger partial charge in [0.05, 0.1) is 4.90 Å². The molecular formula is C13H21ClN2O2S.